The van der Waals surface area contributed by atoms with Crippen molar-refractivity contribution in [2.45, 2.75) is 38.8 Å². The van der Waals surface area contributed by atoms with E-state index in [0.29, 0.717) is 13.0 Å². The van der Waals surface area contributed by atoms with Crippen molar-refractivity contribution in [1.29, 1.82) is 0 Å². The molecule has 4 heteroatoms. The van der Waals surface area contributed by atoms with E-state index in [2.05, 4.69) is 10.3 Å². The number of carbonyl (C=O) groups is 1. The van der Waals surface area contributed by atoms with E-state index in [1.165, 1.54) is 0 Å². The fourth-order valence-corrected chi connectivity index (χ4v) is 1.49. The zero-order valence-electron chi connectivity index (χ0n) is 9.34. The monoisotopic (exact) mass is 209 g/mol. The molecule has 84 valence electrons. The Bertz CT molecular complexity index is 304. The van der Waals surface area contributed by atoms with Gasteiger partial charge in [0.1, 0.15) is 0 Å². The van der Waals surface area contributed by atoms with Crippen LogP contribution in [0, 0.1) is 0 Å². The summed E-state index contributed by atoms with van der Waals surface area (Å²) in [6, 6.07) is 1.92. The van der Waals surface area contributed by atoms with Gasteiger partial charge >= 0.3 is 0 Å². The van der Waals surface area contributed by atoms with E-state index in [1.54, 1.807) is 6.92 Å². The molecule has 0 aliphatic heterocycles. The van der Waals surface area contributed by atoms with Crippen LogP contribution in [0.3, 0.4) is 0 Å². The van der Waals surface area contributed by atoms with Crippen LogP contribution >= 0.6 is 0 Å². The largest absolute Gasteiger partial charge is 0.367 e. The number of hydrogen-bond donors (Lipinski definition) is 3. The molecule has 1 amide bonds. The number of H-pyrrole nitrogens is 1. The van der Waals surface area contributed by atoms with Gasteiger partial charge in [0.05, 0.1) is 5.54 Å². The summed E-state index contributed by atoms with van der Waals surface area (Å²) < 4.78 is 0. The number of nitrogens with two attached hydrogens (primary N) is 1. The van der Waals surface area contributed by atoms with Crippen molar-refractivity contribution in [3.63, 3.8) is 0 Å². The summed E-state index contributed by atoms with van der Waals surface area (Å²) in [6.45, 7) is 4.31. The van der Waals surface area contributed by atoms with Gasteiger partial charge in [-0.1, -0.05) is 13.3 Å². The fraction of sp³-hybridized carbons (Fsp3) is 0.545. The van der Waals surface area contributed by atoms with Gasteiger partial charge in [-0.25, -0.2) is 0 Å². The average molecular weight is 209 g/mol. The molecule has 0 fully saturated rings. The molecule has 0 aromatic carbocycles. The Kier molecular flexibility index (Phi) is 3.91. The molecule has 15 heavy (non-hydrogen) atoms. The van der Waals surface area contributed by atoms with Crippen LogP contribution in [-0.4, -0.2) is 16.4 Å². The van der Waals surface area contributed by atoms with Crippen LogP contribution in [0.25, 0.3) is 0 Å². The van der Waals surface area contributed by atoms with Gasteiger partial charge in [0.2, 0.25) is 5.91 Å². The maximum Gasteiger partial charge on any atom is 0.240 e. The Morgan fingerprint density at radius 2 is 2.40 bits per heavy atom. The quantitative estimate of drug-likeness (QED) is 0.680. The second-order valence-electron chi connectivity index (χ2n) is 4.07. The van der Waals surface area contributed by atoms with Crippen molar-refractivity contribution in [2.75, 3.05) is 0 Å². The predicted octanol–water partition coefficient (Wildman–Crippen LogP) is 1.15. The summed E-state index contributed by atoms with van der Waals surface area (Å²) in [7, 11) is 0. The molecule has 1 aromatic heterocycles. The predicted molar refractivity (Wildman–Crippen MR) is 60.1 cm³/mol. The summed E-state index contributed by atoms with van der Waals surface area (Å²) in [6.07, 6.45) is 5.29. The third-order valence-electron chi connectivity index (χ3n) is 2.40. The van der Waals surface area contributed by atoms with Crippen molar-refractivity contribution >= 4 is 5.91 Å². The van der Waals surface area contributed by atoms with Gasteiger partial charge in [0.25, 0.3) is 0 Å². The summed E-state index contributed by atoms with van der Waals surface area (Å²) in [5.74, 6) is -0.0921. The van der Waals surface area contributed by atoms with E-state index in [-0.39, 0.29) is 5.91 Å². The van der Waals surface area contributed by atoms with E-state index in [9.17, 15) is 4.79 Å². The first-order valence-electron chi connectivity index (χ1n) is 5.25. The lowest BCUT2D eigenvalue weighted by Gasteiger charge is -2.22. The Labute approximate surface area is 90.2 Å². The molecule has 0 saturated carbocycles. The highest BCUT2D eigenvalue weighted by Crippen LogP contribution is 2.08. The van der Waals surface area contributed by atoms with Gasteiger partial charge in [-0.05, 0) is 25.0 Å². The molecule has 0 bridgehead atoms. The molecule has 0 aliphatic carbocycles. The van der Waals surface area contributed by atoms with Crippen molar-refractivity contribution in [1.82, 2.24) is 10.3 Å². The molecule has 1 aromatic rings. The third kappa shape index (κ3) is 3.40. The zero-order chi connectivity index (χ0) is 11.3. The molecule has 0 aliphatic rings. The smallest absolute Gasteiger partial charge is 0.240 e. The Balaban J connectivity index is 2.42. The van der Waals surface area contributed by atoms with E-state index in [1.807, 2.05) is 25.4 Å². The molecule has 1 heterocycles. The summed E-state index contributed by atoms with van der Waals surface area (Å²) >= 11 is 0. The van der Waals surface area contributed by atoms with Gasteiger partial charge < -0.3 is 16.0 Å². The molecule has 0 saturated heterocycles. The first kappa shape index (κ1) is 11.8. The van der Waals surface area contributed by atoms with Gasteiger partial charge in [-0.15, -0.1) is 0 Å². The minimum Gasteiger partial charge on any atom is -0.367 e. The van der Waals surface area contributed by atoms with Crippen LogP contribution in [0.15, 0.2) is 18.5 Å². The van der Waals surface area contributed by atoms with E-state index in [4.69, 9.17) is 5.73 Å². The molecule has 1 atom stereocenters. The minimum atomic E-state index is -0.759. The van der Waals surface area contributed by atoms with Crippen molar-refractivity contribution in [3.8, 4) is 0 Å². The van der Waals surface area contributed by atoms with E-state index < -0.39 is 5.54 Å². The zero-order valence-corrected chi connectivity index (χ0v) is 9.34. The topological polar surface area (TPSA) is 70.9 Å². The standard InChI is InChI=1S/C11H19N3O/c1-3-5-11(2,12)10(15)14-8-9-4-6-13-7-9/h4,6-7,13H,3,5,8,12H2,1-2H3,(H,14,15). The highest BCUT2D eigenvalue weighted by molar-refractivity contribution is 5.85. The maximum atomic E-state index is 11.7. The fourth-order valence-electron chi connectivity index (χ4n) is 1.49. The normalized spacial score (nSPS) is 14.6. The number of aromatic nitrogens is 1. The van der Waals surface area contributed by atoms with Gasteiger partial charge in [0, 0.05) is 18.9 Å². The highest BCUT2D eigenvalue weighted by atomic mass is 16.2. The van der Waals surface area contributed by atoms with Crippen molar-refractivity contribution < 1.29 is 4.79 Å². The first-order chi connectivity index (χ1) is 7.06. The van der Waals surface area contributed by atoms with Gasteiger partial charge in [0.15, 0.2) is 0 Å². The maximum absolute atomic E-state index is 11.7. The van der Waals surface area contributed by atoms with Gasteiger partial charge in [-0.3, -0.25) is 4.79 Å². The average Bonchev–Trinajstić information content (AvgIpc) is 2.66. The number of rotatable bonds is 5. The van der Waals surface area contributed by atoms with Crippen LogP contribution < -0.4 is 11.1 Å². The summed E-state index contributed by atoms with van der Waals surface area (Å²) in [5.41, 5.74) is 6.18. The molecule has 4 nitrogen and oxygen atoms in total. The number of amides is 1. The molecule has 0 radical (unpaired) electrons. The highest BCUT2D eigenvalue weighted by Gasteiger charge is 2.26. The van der Waals surface area contributed by atoms with Gasteiger partial charge in [-0.2, -0.15) is 0 Å². The van der Waals surface area contributed by atoms with Crippen LogP contribution in [0.5, 0.6) is 0 Å². The number of nitrogens with one attached hydrogen (secondary N) is 2. The third-order valence-corrected chi connectivity index (χ3v) is 2.40. The molecule has 1 unspecified atom stereocenters. The van der Waals surface area contributed by atoms with Crippen LogP contribution in [-0.2, 0) is 11.3 Å². The molecule has 4 N–H and O–H groups in total. The minimum absolute atomic E-state index is 0.0921. The molecular formula is C11H19N3O. The number of hydrogen-bond acceptors (Lipinski definition) is 2. The number of aromatic amines is 1. The van der Waals surface area contributed by atoms with Crippen LogP contribution in [0.1, 0.15) is 32.3 Å². The lowest BCUT2D eigenvalue weighted by Crippen LogP contribution is -2.51. The Morgan fingerprint density at radius 1 is 1.67 bits per heavy atom. The summed E-state index contributed by atoms with van der Waals surface area (Å²) in [5, 5.41) is 2.83. The lowest BCUT2D eigenvalue weighted by atomic mass is 9.96. The van der Waals surface area contributed by atoms with E-state index in [0.717, 1.165) is 12.0 Å². The van der Waals surface area contributed by atoms with E-state index >= 15 is 0 Å². The summed E-state index contributed by atoms with van der Waals surface area (Å²) in [4.78, 5) is 14.6. The molecule has 0 spiro atoms. The SMILES string of the molecule is CCCC(C)(N)C(=O)NCc1cc[nH]c1. The second-order valence-corrected chi connectivity index (χ2v) is 4.07. The van der Waals surface area contributed by atoms with Crippen LogP contribution in [0.2, 0.25) is 0 Å². The Hall–Kier alpha value is -1.29. The number of carbonyl (C=O) groups excluding carboxylic acids is 1. The van der Waals surface area contributed by atoms with Crippen molar-refractivity contribution in [2.24, 2.45) is 5.73 Å². The lowest BCUT2D eigenvalue weighted by molar-refractivity contribution is -0.126. The van der Waals surface area contributed by atoms with Crippen LogP contribution in [0.4, 0.5) is 0 Å². The Morgan fingerprint density at radius 3 is 2.93 bits per heavy atom. The molecular weight excluding hydrogens is 190 g/mol. The molecule has 1 rings (SSSR count). The van der Waals surface area contributed by atoms with Crippen molar-refractivity contribution in [3.05, 3.63) is 24.0 Å². The second kappa shape index (κ2) is 4.98. The first-order valence-corrected chi connectivity index (χ1v) is 5.25.